The molecule has 3 heteroatoms. The lowest BCUT2D eigenvalue weighted by Crippen LogP contribution is -2.14. The van der Waals surface area contributed by atoms with Crippen LogP contribution in [0.1, 0.15) is 39.5 Å². The van der Waals surface area contributed by atoms with Crippen molar-refractivity contribution in [1.29, 1.82) is 0 Å². The maximum Gasteiger partial charge on any atom is 0.306 e. The minimum absolute atomic E-state index is 0.156. The Bertz CT molecular complexity index is 136. The lowest BCUT2D eigenvalue weighted by atomic mass is 9.99. The van der Waals surface area contributed by atoms with Crippen molar-refractivity contribution < 1.29 is 9.90 Å². The number of hydrogen-bond acceptors (Lipinski definition) is 1. The first-order chi connectivity index (χ1) is 5.61. The SMILES string of the molecule is CCC(Br)CCC(CC)C(=O)O. The summed E-state index contributed by atoms with van der Waals surface area (Å²) in [4.78, 5) is 11.1. The first-order valence-electron chi connectivity index (χ1n) is 4.48. The number of hydrogen-bond donors (Lipinski definition) is 1. The van der Waals surface area contributed by atoms with Gasteiger partial charge in [-0.3, -0.25) is 4.79 Å². The maximum atomic E-state index is 10.6. The zero-order valence-corrected chi connectivity index (χ0v) is 9.30. The van der Waals surface area contributed by atoms with Crippen molar-refractivity contribution in [2.45, 2.75) is 44.4 Å². The Kier molecular flexibility index (Phi) is 6.44. The van der Waals surface area contributed by atoms with Gasteiger partial charge in [0.1, 0.15) is 0 Å². The van der Waals surface area contributed by atoms with Crippen molar-refractivity contribution in [2.24, 2.45) is 5.92 Å². The van der Waals surface area contributed by atoms with Gasteiger partial charge in [-0.05, 0) is 25.7 Å². The summed E-state index contributed by atoms with van der Waals surface area (Å²) in [5.74, 6) is -0.815. The average molecular weight is 237 g/mol. The molecule has 0 rings (SSSR count). The number of carboxylic acid groups (broad SMARTS) is 1. The Labute approximate surface area is 82.5 Å². The summed E-state index contributed by atoms with van der Waals surface area (Å²) in [6, 6.07) is 0. The summed E-state index contributed by atoms with van der Waals surface area (Å²) < 4.78 is 0. The van der Waals surface area contributed by atoms with E-state index in [4.69, 9.17) is 5.11 Å². The highest BCUT2D eigenvalue weighted by atomic mass is 79.9. The second kappa shape index (κ2) is 6.46. The minimum Gasteiger partial charge on any atom is -0.481 e. The van der Waals surface area contributed by atoms with Gasteiger partial charge in [-0.2, -0.15) is 0 Å². The molecule has 0 saturated carbocycles. The highest BCUT2D eigenvalue weighted by Crippen LogP contribution is 2.18. The first kappa shape index (κ1) is 11.9. The summed E-state index contributed by atoms with van der Waals surface area (Å²) in [5.41, 5.74) is 0. The van der Waals surface area contributed by atoms with Gasteiger partial charge in [0.05, 0.1) is 5.92 Å². The fourth-order valence-electron chi connectivity index (χ4n) is 1.09. The number of rotatable bonds is 6. The van der Waals surface area contributed by atoms with Crippen molar-refractivity contribution in [1.82, 2.24) is 0 Å². The van der Waals surface area contributed by atoms with E-state index in [1.165, 1.54) is 0 Å². The van der Waals surface area contributed by atoms with Crippen LogP contribution < -0.4 is 0 Å². The molecule has 2 unspecified atom stereocenters. The van der Waals surface area contributed by atoms with E-state index in [1.807, 2.05) is 6.92 Å². The topological polar surface area (TPSA) is 37.3 Å². The molecule has 0 saturated heterocycles. The van der Waals surface area contributed by atoms with Gasteiger partial charge in [-0.15, -0.1) is 0 Å². The molecule has 0 heterocycles. The summed E-state index contributed by atoms with van der Waals surface area (Å²) >= 11 is 3.49. The Morgan fingerprint density at radius 3 is 2.25 bits per heavy atom. The van der Waals surface area contributed by atoms with Crippen LogP contribution in [0.25, 0.3) is 0 Å². The van der Waals surface area contributed by atoms with Gasteiger partial charge in [0, 0.05) is 4.83 Å². The van der Waals surface area contributed by atoms with Crippen molar-refractivity contribution in [2.75, 3.05) is 0 Å². The van der Waals surface area contributed by atoms with Gasteiger partial charge in [-0.25, -0.2) is 0 Å². The molecular formula is C9H17BrO2. The molecule has 2 atom stereocenters. The smallest absolute Gasteiger partial charge is 0.306 e. The van der Waals surface area contributed by atoms with Crippen LogP contribution in [-0.2, 0) is 4.79 Å². The summed E-state index contributed by atoms with van der Waals surface area (Å²) in [7, 11) is 0. The lowest BCUT2D eigenvalue weighted by Gasteiger charge is -2.11. The van der Waals surface area contributed by atoms with Gasteiger partial charge in [-0.1, -0.05) is 29.8 Å². The number of aliphatic carboxylic acids is 1. The largest absolute Gasteiger partial charge is 0.481 e. The first-order valence-corrected chi connectivity index (χ1v) is 5.40. The molecule has 0 aliphatic carbocycles. The van der Waals surface area contributed by atoms with Crippen LogP contribution in [0.3, 0.4) is 0 Å². The van der Waals surface area contributed by atoms with E-state index in [9.17, 15) is 4.79 Å². The van der Waals surface area contributed by atoms with E-state index in [0.29, 0.717) is 4.83 Å². The number of halogens is 1. The molecule has 0 aliphatic rings. The Morgan fingerprint density at radius 2 is 1.92 bits per heavy atom. The normalized spacial score (nSPS) is 15.6. The van der Waals surface area contributed by atoms with E-state index < -0.39 is 5.97 Å². The van der Waals surface area contributed by atoms with E-state index in [0.717, 1.165) is 25.7 Å². The molecule has 0 fully saturated rings. The van der Waals surface area contributed by atoms with Crippen molar-refractivity contribution in [3.8, 4) is 0 Å². The highest BCUT2D eigenvalue weighted by Gasteiger charge is 2.15. The van der Waals surface area contributed by atoms with Gasteiger partial charge < -0.3 is 5.11 Å². The van der Waals surface area contributed by atoms with E-state index in [2.05, 4.69) is 22.9 Å². The molecule has 0 aromatic rings. The molecule has 12 heavy (non-hydrogen) atoms. The van der Waals surface area contributed by atoms with Crippen molar-refractivity contribution >= 4 is 21.9 Å². The molecule has 1 N–H and O–H groups in total. The summed E-state index contributed by atoms with van der Waals surface area (Å²) in [5, 5.41) is 8.74. The van der Waals surface area contributed by atoms with E-state index in [1.54, 1.807) is 0 Å². The van der Waals surface area contributed by atoms with Crippen molar-refractivity contribution in [3.05, 3.63) is 0 Å². The molecule has 0 aliphatic heterocycles. The number of carboxylic acids is 1. The van der Waals surface area contributed by atoms with Gasteiger partial charge in [0.15, 0.2) is 0 Å². The predicted molar refractivity (Wildman–Crippen MR) is 53.7 cm³/mol. The minimum atomic E-state index is -0.659. The molecule has 0 bridgehead atoms. The highest BCUT2D eigenvalue weighted by molar-refractivity contribution is 9.09. The molecular weight excluding hydrogens is 220 g/mol. The van der Waals surface area contributed by atoms with Crippen LogP contribution in [0.2, 0.25) is 0 Å². The monoisotopic (exact) mass is 236 g/mol. The molecule has 0 radical (unpaired) electrons. The van der Waals surface area contributed by atoms with Gasteiger partial charge in [0.2, 0.25) is 0 Å². The van der Waals surface area contributed by atoms with Crippen LogP contribution in [0.4, 0.5) is 0 Å². The maximum absolute atomic E-state index is 10.6. The standard InChI is InChI=1S/C9H17BrO2/c1-3-7(9(11)12)5-6-8(10)4-2/h7-8H,3-6H2,1-2H3,(H,11,12). The van der Waals surface area contributed by atoms with E-state index in [-0.39, 0.29) is 5.92 Å². The van der Waals surface area contributed by atoms with E-state index >= 15 is 0 Å². The number of carbonyl (C=O) groups is 1. The Balaban J connectivity index is 3.65. The number of alkyl halides is 1. The lowest BCUT2D eigenvalue weighted by molar-refractivity contribution is -0.142. The Morgan fingerprint density at radius 1 is 1.33 bits per heavy atom. The third-order valence-corrected chi connectivity index (χ3v) is 3.22. The second-order valence-corrected chi connectivity index (χ2v) is 4.32. The molecule has 0 spiro atoms. The van der Waals surface area contributed by atoms with Crippen molar-refractivity contribution in [3.63, 3.8) is 0 Å². The molecule has 2 nitrogen and oxygen atoms in total. The zero-order valence-electron chi connectivity index (χ0n) is 7.72. The van der Waals surface area contributed by atoms with Crippen LogP contribution in [0.5, 0.6) is 0 Å². The predicted octanol–water partition coefficient (Wildman–Crippen LogP) is 3.05. The Hall–Kier alpha value is -0.0500. The van der Waals surface area contributed by atoms with Crippen LogP contribution >= 0.6 is 15.9 Å². The molecule has 0 aromatic heterocycles. The molecule has 72 valence electrons. The molecule has 0 amide bonds. The van der Waals surface area contributed by atoms with Crippen LogP contribution in [-0.4, -0.2) is 15.9 Å². The quantitative estimate of drug-likeness (QED) is 0.721. The van der Waals surface area contributed by atoms with Gasteiger partial charge >= 0.3 is 5.97 Å². The third kappa shape index (κ3) is 4.75. The van der Waals surface area contributed by atoms with Crippen LogP contribution in [0, 0.1) is 5.92 Å². The van der Waals surface area contributed by atoms with Gasteiger partial charge in [0.25, 0.3) is 0 Å². The van der Waals surface area contributed by atoms with Crippen LogP contribution in [0.15, 0.2) is 0 Å². The summed E-state index contributed by atoms with van der Waals surface area (Å²) in [6.45, 7) is 4.02. The summed E-state index contributed by atoms with van der Waals surface area (Å²) in [6.07, 6.45) is 3.55. The third-order valence-electron chi connectivity index (χ3n) is 2.11. The zero-order chi connectivity index (χ0) is 9.56. The average Bonchev–Trinajstić information content (AvgIpc) is 2.04. The second-order valence-electron chi connectivity index (χ2n) is 3.03. The fourth-order valence-corrected chi connectivity index (χ4v) is 1.35. The fraction of sp³-hybridized carbons (Fsp3) is 0.889. The molecule has 0 aromatic carbocycles.